The molecule has 4 nitrogen and oxygen atoms in total. The van der Waals surface area contributed by atoms with Gasteiger partial charge < -0.3 is 4.57 Å². The number of benzene rings is 8. The predicted octanol–water partition coefficient (Wildman–Crippen LogP) is 14.3. The summed E-state index contributed by atoms with van der Waals surface area (Å²) >= 11 is 0. The average Bonchev–Trinajstić information content (AvgIpc) is 3.59. The van der Waals surface area contributed by atoms with E-state index in [0.717, 1.165) is 66.4 Å². The Bertz CT molecular complexity index is 3050. The van der Waals surface area contributed by atoms with Crippen molar-refractivity contribution in [3.05, 3.63) is 204 Å². The first-order chi connectivity index (χ1) is 29.2. The van der Waals surface area contributed by atoms with Gasteiger partial charge in [0, 0.05) is 33.2 Å². The van der Waals surface area contributed by atoms with Crippen LogP contribution in [0, 0.1) is 33.5 Å². The van der Waals surface area contributed by atoms with Crippen molar-refractivity contribution in [3.63, 3.8) is 0 Å². The van der Waals surface area contributed by atoms with E-state index in [0.29, 0.717) is 17.5 Å². The Morgan fingerprint density at radius 2 is 0.833 bits per heavy atom. The molecule has 0 bridgehead atoms. The molecule has 0 spiro atoms. The van der Waals surface area contributed by atoms with Gasteiger partial charge in [-0.1, -0.05) is 162 Å². The lowest BCUT2D eigenvalue weighted by Crippen LogP contribution is -2.02. The highest BCUT2D eigenvalue weighted by atomic mass is 19.1. The Kier molecular flexibility index (Phi) is 9.22. The molecule has 0 atom stereocenters. The molecular formula is C55H41FN4. The van der Waals surface area contributed by atoms with E-state index in [1.807, 2.05) is 66.7 Å². The van der Waals surface area contributed by atoms with Gasteiger partial charge in [-0.25, -0.2) is 19.3 Å². The highest BCUT2D eigenvalue weighted by molar-refractivity contribution is 6.11. The normalized spacial score (nSPS) is 11.4. The summed E-state index contributed by atoms with van der Waals surface area (Å²) < 4.78 is 17.4. The molecule has 0 saturated heterocycles. The third-order valence-electron chi connectivity index (χ3n) is 11.2. The van der Waals surface area contributed by atoms with Gasteiger partial charge >= 0.3 is 0 Å². The summed E-state index contributed by atoms with van der Waals surface area (Å²) in [7, 11) is 0. The highest BCUT2D eigenvalue weighted by Gasteiger charge is 2.20. The third-order valence-corrected chi connectivity index (χ3v) is 11.2. The fourth-order valence-electron chi connectivity index (χ4n) is 8.63. The van der Waals surface area contributed by atoms with Gasteiger partial charge in [-0.05, 0) is 97.5 Å². The van der Waals surface area contributed by atoms with Crippen molar-refractivity contribution in [1.29, 1.82) is 0 Å². The van der Waals surface area contributed by atoms with Crippen molar-refractivity contribution in [3.8, 4) is 73.2 Å². The Labute approximate surface area is 349 Å². The predicted molar refractivity (Wildman–Crippen MR) is 246 cm³/mol. The molecule has 0 aliphatic rings. The van der Waals surface area contributed by atoms with Gasteiger partial charge in [-0.2, -0.15) is 0 Å². The maximum Gasteiger partial charge on any atom is 0.164 e. The topological polar surface area (TPSA) is 43.6 Å². The van der Waals surface area contributed by atoms with Gasteiger partial charge in [-0.15, -0.1) is 0 Å². The number of aromatic nitrogens is 4. The zero-order valence-corrected chi connectivity index (χ0v) is 33.9. The molecule has 288 valence electrons. The van der Waals surface area contributed by atoms with Gasteiger partial charge in [-0.3, -0.25) is 0 Å². The number of aryl methyl sites for hydroxylation is 4. The highest BCUT2D eigenvalue weighted by Crippen LogP contribution is 2.40. The summed E-state index contributed by atoms with van der Waals surface area (Å²) in [5.41, 5.74) is 16.7. The average molecular weight is 777 g/mol. The molecule has 0 saturated carbocycles. The first-order valence-corrected chi connectivity index (χ1v) is 20.3. The summed E-state index contributed by atoms with van der Waals surface area (Å²) in [5, 5.41) is 2.30. The molecule has 0 N–H and O–H groups in total. The van der Waals surface area contributed by atoms with E-state index in [4.69, 9.17) is 15.0 Å². The number of fused-ring (bicyclic) bond motifs is 3. The van der Waals surface area contributed by atoms with Crippen molar-refractivity contribution in [2.45, 2.75) is 27.7 Å². The van der Waals surface area contributed by atoms with Crippen molar-refractivity contribution in [1.82, 2.24) is 19.5 Å². The van der Waals surface area contributed by atoms with Crippen LogP contribution in [0.5, 0.6) is 0 Å². The Morgan fingerprint density at radius 3 is 1.33 bits per heavy atom. The molecule has 0 unspecified atom stereocenters. The van der Waals surface area contributed by atoms with E-state index in [2.05, 4.69) is 123 Å². The lowest BCUT2D eigenvalue weighted by Gasteiger charge is -2.16. The fourth-order valence-corrected chi connectivity index (χ4v) is 8.63. The van der Waals surface area contributed by atoms with Crippen molar-refractivity contribution < 1.29 is 4.39 Å². The second kappa shape index (κ2) is 15.0. The summed E-state index contributed by atoms with van der Waals surface area (Å²) in [4.78, 5) is 15.3. The molecule has 5 heteroatoms. The molecule has 0 aliphatic heterocycles. The second-order valence-electron chi connectivity index (χ2n) is 15.8. The summed E-state index contributed by atoms with van der Waals surface area (Å²) in [6.07, 6.45) is 0. The van der Waals surface area contributed by atoms with E-state index >= 15 is 4.39 Å². The molecule has 10 aromatic rings. The van der Waals surface area contributed by atoms with E-state index < -0.39 is 0 Å². The van der Waals surface area contributed by atoms with Crippen LogP contribution in [0.2, 0.25) is 0 Å². The molecule has 10 rings (SSSR count). The molecule has 60 heavy (non-hydrogen) atoms. The zero-order chi connectivity index (χ0) is 40.9. The minimum Gasteiger partial charge on any atom is -0.309 e. The van der Waals surface area contributed by atoms with Crippen LogP contribution < -0.4 is 0 Å². The summed E-state index contributed by atoms with van der Waals surface area (Å²) in [5.74, 6) is 1.30. The molecule has 0 fully saturated rings. The Balaban J connectivity index is 1.27. The number of rotatable bonds is 7. The van der Waals surface area contributed by atoms with E-state index in [1.165, 1.54) is 39.4 Å². The molecule has 2 aromatic heterocycles. The SMILES string of the molecule is Cc1cc(C)cc(-c2ccc3c4ccc(-c5cc(C)cc(C)c5)cc4n(-c4ccc(-c5cccc(F)c5)c(-c5nc(-c6ccccc6)nc(-c6ccccc6)n5)c4)c3c2)c1. The molecule has 0 radical (unpaired) electrons. The quantitative estimate of drug-likeness (QED) is 0.162. The Morgan fingerprint density at radius 1 is 0.350 bits per heavy atom. The summed E-state index contributed by atoms with van der Waals surface area (Å²) in [6, 6.07) is 60.1. The van der Waals surface area contributed by atoms with Gasteiger partial charge in [0.15, 0.2) is 17.5 Å². The second-order valence-corrected chi connectivity index (χ2v) is 15.8. The van der Waals surface area contributed by atoms with Crippen LogP contribution in [-0.2, 0) is 0 Å². The first-order valence-electron chi connectivity index (χ1n) is 20.3. The zero-order valence-electron chi connectivity index (χ0n) is 33.9. The van der Waals surface area contributed by atoms with Crippen molar-refractivity contribution in [2.75, 3.05) is 0 Å². The molecule has 0 aliphatic carbocycles. The van der Waals surface area contributed by atoms with Crippen LogP contribution in [0.4, 0.5) is 4.39 Å². The minimum atomic E-state index is -0.312. The van der Waals surface area contributed by atoms with Crippen LogP contribution in [0.25, 0.3) is 95.0 Å². The molecular weight excluding hydrogens is 736 g/mol. The lowest BCUT2D eigenvalue weighted by atomic mass is 9.97. The van der Waals surface area contributed by atoms with Crippen LogP contribution in [-0.4, -0.2) is 19.5 Å². The van der Waals surface area contributed by atoms with Gasteiger partial charge in [0.2, 0.25) is 0 Å². The monoisotopic (exact) mass is 776 g/mol. The van der Waals surface area contributed by atoms with Gasteiger partial charge in [0.1, 0.15) is 5.82 Å². The largest absolute Gasteiger partial charge is 0.309 e. The van der Waals surface area contributed by atoms with Gasteiger partial charge in [0.05, 0.1) is 11.0 Å². The number of nitrogens with zero attached hydrogens (tertiary/aromatic N) is 4. The van der Waals surface area contributed by atoms with Crippen LogP contribution in [0.15, 0.2) is 176 Å². The van der Waals surface area contributed by atoms with E-state index in [1.54, 1.807) is 12.1 Å². The standard InChI is InChI=1S/C55H41FN4/c1-34-24-35(2)27-43(26-34)40-18-21-48-49-22-19-41(44-28-36(3)25-37(4)29-44)32-52(49)60(51(48)31-40)46-20-23-47(42-16-11-17-45(56)30-42)50(33-46)55-58-53(38-12-7-5-8-13-38)57-54(59-55)39-14-9-6-10-15-39/h5-33H,1-4H3. The third kappa shape index (κ3) is 6.94. The molecule has 8 aromatic carbocycles. The van der Waals surface area contributed by atoms with Crippen LogP contribution >= 0.6 is 0 Å². The smallest absolute Gasteiger partial charge is 0.164 e. The van der Waals surface area contributed by atoms with Gasteiger partial charge in [0.25, 0.3) is 0 Å². The van der Waals surface area contributed by atoms with E-state index in [-0.39, 0.29) is 5.82 Å². The van der Waals surface area contributed by atoms with Crippen LogP contribution in [0.1, 0.15) is 22.3 Å². The number of hydrogen-bond acceptors (Lipinski definition) is 3. The maximum absolute atomic E-state index is 15.0. The first kappa shape index (κ1) is 36.8. The van der Waals surface area contributed by atoms with Crippen molar-refractivity contribution >= 4 is 21.8 Å². The number of hydrogen-bond donors (Lipinski definition) is 0. The van der Waals surface area contributed by atoms with Crippen molar-refractivity contribution in [2.24, 2.45) is 0 Å². The Hall–Kier alpha value is -7.50. The minimum absolute atomic E-state index is 0.312. The van der Waals surface area contributed by atoms with E-state index in [9.17, 15) is 0 Å². The maximum atomic E-state index is 15.0. The molecule has 0 amide bonds. The fraction of sp³-hybridized carbons (Fsp3) is 0.0727. The lowest BCUT2D eigenvalue weighted by molar-refractivity contribution is 0.628. The molecule has 2 heterocycles. The summed E-state index contributed by atoms with van der Waals surface area (Å²) in [6.45, 7) is 8.59. The number of halogens is 1. The van der Waals surface area contributed by atoms with Crippen LogP contribution in [0.3, 0.4) is 0 Å².